The highest BCUT2D eigenvalue weighted by molar-refractivity contribution is 7.99. The van der Waals surface area contributed by atoms with Crippen LogP contribution in [0, 0.1) is 0 Å². The van der Waals surface area contributed by atoms with E-state index in [2.05, 4.69) is 15.5 Å². The Bertz CT molecular complexity index is 350. The van der Waals surface area contributed by atoms with E-state index in [1.807, 2.05) is 18.8 Å². The Hall–Kier alpha value is -0.550. The van der Waals surface area contributed by atoms with Crippen LogP contribution in [0.3, 0.4) is 0 Å². The van der Waals surface area contributed by atoms with Crippen molar-refractivity contribution in [3.05, 3.63) is 11.7 Å². The van der Waals surface area contributed by atoms with Crippen LogP contribution in [0.1, 0.15) is 36.4 Å². The third kappa shape index (κ3) is 1.78. The summed E-state index contributed by atoms with van der Waals surface area (Å²) < 4.78 is 5.37. The van der Waals surface area contributed by atoms with Crippen molar-refractivity contribution in [2.24, 2.45) is 0 Å². The second kappa shape index (κ2) is 3.79. The summed E-state index contributed by atoms with van der Waals surface area (Å²) in [6.07, 6.45) is 2.46. The first-order chi connectivity index (χ1) is 7.38. The fourth-order valence-electron chi connectivity index (χ4n) is 1.99. The summed E-state index contributed by atoms with van der Waals surface area (Å²) in [7, 11) is 2.00. The molecule has 0 radical (unpaired) electrons. The molecule has 0 amide bonds. The van der Waals surface area contributed by atoms with E-state index >= 15 is 0 Å². The monoisotopic (exact) mass is 225 g/mol. The molecule has 2 aliphatic rings. The van der Waals surface area contributed by atoms with Gasteiger partial charge in [-0.05, 0) is 19.9 Å². The first-order valence-corrected chi connectivity index (χ1v) is 6.62. The van der Waals surface area contributed by atoms with Gasteiger partial charge in [0.15, 0.2) is 5.82 Å². The summed E-state index contributed by atoms with van der Waals surface area (Å²) in [5, 5.41) is 7.39. The second-order valence-corrected chi connectivity index (χ2v) is 5.38. The normalized spacial score (nSPS) is 31.0. The Morgan fingerprint density at radius 2 is 2.27 bits per heavy atom. The average Bonchev–Trinajstić information content (AvgIpc) is 2.83. The molecule has 2 atom stereocenters. The van der Waals surface area contributed by atoms with Crippen LogP contribution >= 0.6 is 11.8 Å². The summed E-state index contributed by atoms with van der Waals surface area (Å²) in [6, 6.07) is 0.488. The molecule has 3 rings (SSSR count). The van der Waals surface area contributed by atoms with Gasteiger partial charge in [0.25, 0.3) is 0 Å². The zero-order valence-corrected chi connectivity index (χ0v) is 9.59. The van der Waals surface area contributed by atoms with Crippen LogP contribution in [0.25, 0.3) is 0 Å². The predicted octanol–water partition coefficient (Wildman–Crippen LogP) is 1.37. The SMILES string of the molecule is CNC1CSCC1c1nc(C2CC2)no1. The molecule has 0 spiro atoms. The fourth-order valence-corrected chi connectivity index (χ4v) is 3.41. The van der Waals surface area contributed by atoms with E-state index in [-0.39, 0.29) is 0 Å². The lowest BCUT2D eigenvalue weighted by atomic mass is 10.0. The van der Waals surface area contributed by atoms with E-state index in [0.29, 0.717) is 17.9 Å². The van der Waals surface area contributed by atoms with Crippen molar-refractivity contribution >= 4 is 11.8 Å². The molecule has 2 heterocycles. The Kier molecular flexibility index (Phi) is 2.44. The molecule has 1 aromatic heterocycles. The number of nitrogens with zero attached hydrogens (tertiary/aromatic N) is 2. The lowest BCUT2D eigenvalue weighted by molar-refractivity contribution is 0.340. The highest BCUT2D eigenvalue weighted by Crippen LogP contribution is 2.39. The molecule has 0 bridgehead atoms. The minimum Gasteiger partial charge on any atom is -0.339 e. The summed E-state index contributed by atoms with van der Waals surface area (Å²) in [4.78, 5) is 4.52. The average molecular weight is 225 g/mol. The Labute approximate surface area is 93.2 Å². The smallest absolute Gasteiger partial charge is 0.232 e. The predicted molar refractivity (Wildman–Crippen MR) is 59.2 cm³/mol. The Balaban J connectivity index is 1.78. The molecule has 1 saturated heterocycles. The fraction of sp³-hybridized carbons (Fsp3) is 0.800. The molecule has 5 heteroatoms. The molecule has 82 valence electrons. The number of nitrogens with one attached hydrogen (secondary N) is 1. The van der Waals surface area contributed by atoms with Crippen LogP contribution in [0.4, 0.5) is 0 Å². The molecule has 2 unspecified atom stereocenters. The minimum absolute atomic E-state index is 0.403. The Morgan fingerprint density at radius 1 is 1.40 bits per heavy atom. The van der Waals surface area contributed by atoms with E-state index in [0.717, 1.165) is 23.2 Å². The summed E-state index contributed by atoms with van der Waals surface area (Å²) in [5.74, 6) is 4.99. The van der Waals surface area contributed by atoms with Gasteiger partial charge in [0.2, 0.25) is 5.89 Å². The number of likely N-dealkylation sites (N-methyl/N-ethyl adjacent to an activating group) is 1. The van der Waals surface area contributed by atoms with E-state index in [1.165, 1.54) is 12.8 Å². The zero-order chi connectivity index (χ0) is 10.3. The lowest BCUT2D eigenvalue weighted by Crippen LogP contribution is -2.31. The molecule has 1 saturated carbocycles. The van der Waals surface area contributed by atoms with Crippen molar-refractivity contribution in [2.75, 3.05) is 18.6 Å². The molecule has 0 aromatic carbocycles. The van der Waals surface area contributed by atoms with Crippen LogP contribution in [-0.4, -0.2) is 34.7 Å². The van der Waals surface area contributed by atoms with E-state index in [1.54, 1.807) is 0 Å². The van der Waals surface area contributed by atoms with Crippen molar-refractivity contribution in [3.63, 3.8) is 0 Å². The van der Waals surface area contributed by atoms with Crippen molar-refractivity contribution < 1.29 is 4.52 Å². The number of rotatable bonds is 3. The van der Waals surface area contributed by atoms with Crippen LogP contribution in [0.5, 0.6) is 0 Å². The molecule has 15 heavy (non-hydrogen) atoms. The highest BCUT2D eigenvalue weighted by atomic mass is 32.2. The number of thioether (sulfide) groups is 1. The molecule has 4 nitrogen and oxygen atoms in total. The van der Waals surface area contributed by atoms with Gasteiger partial charge in [-0.2, -0.15) is 16.7 Å². The summed E-state index contributed by atoms with van der Waals surface area (Å²) in [5.41, 5.74) is 0. The Morgan fingerprint density at radius 3 is 3.00 bits per heavy atom. The number of hydrogen-bond acceptors (Lipinski definition) is 5. The molecule has 1 aromatic rings. The van der Waals surface area contributed by atoms with Crippen molar-refractivity contribution in [3.8, 4) is 0 Å². The second-order valence-electron chi connectivity index (χ2n) is 4.30. The van der Waals surface area contributed by atoms with Crippen molar-refractivity contribution in [1.29, 1.82) is 0 Å². The lowest BCUT2D eigenvalue weighted by Gasteiger charge is -2.13. The number of aromatic nitrogens is 2. The van der Waals surface area contributed by atoms with Gasteiger partial charge < -0.3 is 9.84 Å². The minimum atomic E-state index is 0.403. The highest BCUT2D eigenvalue weighted by Gasteiger charge is 2.35. The van der Waals surface area contributed by atoms with Gasteiger partial charge in [0.05, 0.1) is 5.92 Å². The van der Waals surface area contributed by atoms with Gasteiger partial charge >= 0.3 is 0 Å². The quantitative estimate of drug-likeness (QED) is 0.842. The summed E-state index contributed by atoms with van der Waals surface area (Å²) in [6.45, 7) is 0. The zero-order valence-electron chi connectivity index (χ0n) is 8.77. The van der Waals surface area contributed by atoms with E-state index < -0.39 is 0 Å². The van der Waals surface area contributed by atoms with Crippen LogP contribution in [0.15, 0.2) is 4.52 Å². The third-order valence-electron chi connectivity index (χ3n) is 3.17. The van der Waals surface area contributed by atoms with Gasteiger partial charge in [-0.25, -0.2) is 0 Å². The standard InChI is InChI=1S/C10H15N3OS/c1-11-8-5-15-4-7(8)10-12-9(13-14-10)6-2-3-6/h6-8,11H,2-5H2,1H3. The maximum Gasteiger partial charge on any atom is 0.232 e. The molecule has 1 aliphatic heterocycles. The largest absolute Gasteiger partial charge is 0.339 e. The van der Waals surface area contributed by atoms with Crippen LogP contribution in [-0.2, 0) is 0 Å². The molecule has 1 aliphatic carbocycles. The van der Waals surface area contributed by atoms with Crippen molar-refractivity contribution in [2.45, 2.75) is 30.7 Å². The third-order valence-corrected chi connectivity index (χ3v) is 4.36. The van der Waals surface area contributed by atoms with Gasteiger partial charge in [-0.15, -0.1) is 0 Å². The van der Waals surface area contributed by atoms with Gasteiger partial charge in [-0.3, -0.25) is 0 Å². The van der Waals surface area contributed by atoms with Gasteiger partial charge in [0.1, 0.15) is 0 Å². The molecule has 1 N–H and O–H groups in total. The molecule has 2 fully saturated rings. The van der Waals surface area contributed by atoms with Crippen LogP contribution < -0.4 is 5.32 Å². The number of hydrogen-bond donors (Lipinski definition) is 1. The molecular weight excluding hydrogens is 210 g/mol. The maximum atomic E-state index is 5.37. The first-order valence-electron chi connectivity index (χ1n) is 5.47. The van der Waals surface area contributed by atoms with Crippen LogP contribution in [0.2, 0.25) is 0 Å². The van der Waals surface area contributed by atoms with Gasteiger partial charge in [0, 0.05) is 23.5 Å². The molecular formula is C10H15N3OS. The first kappa shape index (κ1) is 9.66. The van der Waals surface area contributed by atoms with E-state index in [9.17, 15) is 0 Å². The maximum absolute atomic E-state index is 5.37. The summed E-state index contributed by atoms with van der Waals surface area (Å²) >= 11 is 1.95. The van der Waals surface area contributed by atoms with Crippen molar-refractivity contribution in [1.82, 2.24) is 15.5 Å². The topological polar surface area (TPSA) is 51.0 Å². The van der Waals surface area contributed by atoms with E-state index in [4.69, 9.17) is 4.52 Å². The van der Waals surface area contributed by atoms with Gasteiger partial charge in [-0.1, -0.05) is 5.16 Å².